The molecule has 0 spiro atoms. The molecule has 1 heterocycles. The monoisotopic (exact) mass is 284 g/mol. The van der Waals surface area contributed by atoms with Crippen molar-refractivity contribution in [3.05, 3.63) is 46.6 Å². The van der Waals surface area contributed by atoms with Gasteiger partial charge in [0.1, 0.15) is 17.5 Å². The summed E-state index contributed by atoms with van der Waals surface area (Å²) in [5.41, 5.74) is 9.24. The SMILES string of the molecule is CCSc1nc(N)c(C#N)c(Cc2ccc(C)cc2)n1. The molecule has 0 saturated carbocycles. The number of rotatable bonds is 4. The molecule has 0 atom stereocenters. The van der Waals surface area contributed by atoms with Gasteiger partial charge in [0.2, 0.25) is 0 Å². The Hall–Kier alpha value is -2.06. The molecule has 1 aromatic heterocycles. The van der Waals surface area contributed by atoms with Gasteiger partial charge in [-0.3, -0.25) is 0 Å². The highest BCUT2D eigenvalue weighted by Gasteiger charge is 2.12. The molecule has 0 bridgehead atoms. The fourth-order valence-electron chi connectivity index (χ4n) is 1.85. The second kappa shape index (κ2) is 6.40. The first kappa shape index (κ1) is 14.4. The lowest BCUT2D eigenvalue weighted by molar-refractivity contribution is 0.902. The molecule has 102 valence electrons. The minimum Gasteiger partial charge on any atom is -0.382 e. The van der Waals surface area contributed by atoms with Crippen LogP contribution in [-0.4, -0.2) is 15.7 Å². The largest absolute Gasteiger partial charge is 0.382 e. The van der Waals surface area contributed by atoms with Crippen LogP contribution < -0.4 is 5.73 Å². The van der Waals surface area contributed by atoms with Crippen molar-refractivity contribution in [1.82, 2.24) is 9.97 Å². The molecule has 5 heteroatoms. The fraction of sp³-hybridized carbons (Fsp3) is 0.267. The Morgan fingerprint density at radius 3 is 2.55 bits per heavy atom. The van der Waals surface area contributed by atoms with Crippen molar-refractivity contribution in [2.75, 3.05) is 11.5 Å². The lowest BCUT2D eigenvalue weighted by Crippen LogP contribution is -2.06. The summed E-state index contributed by atoms with van der Waals surface area (Å²) in [6, 6.07) is 10.3. The zero-order chi connectivity index (χ0) is 14.5. The predicted molar refractivity (Wildman–Crippen MR) is 81.5 cm³/mol. The average Bonchev–Trinajstić information content (AvgIpc) is 2.42. The van der Waals surface area contributed by atoms with Gasteiger partial charge >= 0.3 is 0 Å². The number of aromatic nitrogens is 2. The van der Waals surface area contributed by atoms with Gasteiger partial charge in [-0.2, -0.15) is 5.26 Å². The van der Waals surface area contributed by atoms with Crippen molar-refractivity contribution in [3.8, 4) is 6.07 Å². The summed E-state index contributed by atoms with van der Waals surface area (Å²) < 4.78 is 0. The maximum atomic E-state index is 9.23. The van der Waals surface area contributed by atoms with Crippen molar-refractivity contribution >= 4 is 17.6 Å². The van der Waals surface area contributed by atoms with Gasteiger partial charge < -0.3 is 5.73 Å². The van der Waals surface area contributed by atoms with Crippen molar-refractivity contribution < 1.29 is 0 Å². The molecule has 0 aliphatic carbocycles. The summed E-state index contributed by atoms with van der Waals surface area (Å²) in [6.45, 7) is 4.07. The number of thioether (sulfide) groups is 1. The summed E-state index contributed by atoms with van der Waals surface area (Å²) in [5, 5.41) is 9.86. The van der Waals surface area contributed by atoms with E-state index in [0.717, 1.165) is 11.3 Å². The zero-order valence-corrected chi connectivity index (χ0v) is 12.4. The number of nitrogen functional groups attached to an aromatic ring is 1. The minimum atomic E-state index is 0.264. The minimum absolute atomic E-state index is 0.264. The molecule has 0 saturated heterocycles. The van der Waals surface area contributed by atoms with E-state index in [1.165, 1.54) is 17.3 Å². The molecule has 0 unspecified atom stereocenters. The third-order valence-electron chi connectivity index (χ3n) is 2.87. The van der Waals surface area contributed by atoms with Gasteiger partial charge in [-0.25, -0.2) is 9.97 Å². The quantitative estimate of drug-likeness (QED) is 0.690. The number of hydrogen-bond acceptors (Lipinski definition) is 5. The van der Waals surface area contributed by atoms with E-state index in [1.54, 1.807) is 0 Å². The summed E-state index contributed by atoms with van der Waals surface area (Å²) in [7, 11) is 0. The number of aryl methyl sites for hydroxylation is 1. The Morgan fingerprint density at radius 1 is 1.25 bits per heavy atom. The first-order chi connectivity index (χ1) is 9.63. The number of nitrogens with two attached hydrogens (primary N) is 1. The van der Waals surface area contributed by atoms with Crippen LogP contribution in [0.3, 0.4) is 0 Å². The predicted octanol–water partition coefficient (Wildman–Crippen LogP) is 2.94. The second-order valence-electron chi connectivity index (χ2n) is 4.42. The maximum Gasteiger partial charge on any atom is 0.189 e. The zero-order valence-electron chi connectivity index (χ0n) is 11.6. The highest BCUT2D eigenvalue weighted by molar-refractivity contribution is 7.99. The number of nitrogens with zero attached hydrogens (tertiary/aromatic N) is 3. The molecule has 0 aliphatic rings. The molecular formula is C15H16N4S. The molecule has 4 nitrogen and oxygen atoms in total. The Labute approximate surface area is 123 Å². The van der Waals surface area contributed by atoms with Crippen LogP contribution in [-0.2, 0) is 6.42 Å². The summed E-state index contributed by atoms with van der Waals surface area (Å²) in [6.07, 6.45) is 0.590. The first-order valence-electron chi connectivity index (χ1n) is 6.39. The molecule has 2 rings (SSSR count). The van der Waals surface area contributed by atoms with E-state index in [1.807, 2.05) is 38.1 Å². The third kappa shape index (κ3) is 3.28. The molecule has 2 N–H and O–H groups in total. The van der Waals surface area contributed by atoms with Gasteiger partial charge in [-0.05, 0) is 18.2 Å². The molecular weight excluding hydrogens is 268 g/mol. The van der Waals surface area contributed by atoms with Gasteiger partial charge in [-0.1, -0.05) is 48.5 Å². The van der Waals surface area contributed by atoms with Gasteiger partial charge in [0.05, 0.1) is 5.69 Å². The highest BCUT2D eigenvalue weighted by atomic mass is 32.2. The van der Waals surface area contributed by atoms with E-state index >= 15 is 0 Å². The van der Waals surface area contributed by atoms with Crippen LogP contribution in [0.1, 0.15) is 29.3 Å². The summed E-state index contributed by atoms with van der Waals surface area (Å²) >= 11 is 1.52. The maximum absolute atomic E-state index is 9.23. The summed E-state index contributed by atoms with van der Waals surface area (Å²) in [5.74, 6) is 1.13. The van der Waals surface area contributed by atoms with Gasteiger partial charge in [0.25, 0.3) is 0 Å². The lowest BCUT2D eigenvalue weighted by Gasteiger charge is -2.08. The van der Waals surface area contributed by atoms with E-state index in [4.69, 9.17) is 5.73 Å². The third-order valence-corrected chi connectivity index (χ3v) is 3.60. The Bertz CT molecular complexity index is 644. The van der Waals surface area contributed by atoms with Crippen molar-refractivity contribution in [1.29, 1.82) is 5.26 Å². The van der Waals surface area contributed by atoms with Crippen LogP contribution >= 0.6 is 11.8 Å². The number of anilines is 1. The lowest BCUT2D eigenvalue weighted by atomic mass is 10.0. The normalized spacial score (nSPS) is 10.2. The van der Waals surface area contributed by atoms with Crippen LogP contribution in [0.15, 0.2) is 29.4 Å². The average molecular weight is 284 g/mol. The van der Waals surface area contributed by atoms with Gasteiger partial charge in [0.15, 0.2) is 5.16 Å². The van der Waals surface area contributed by atoms with E-state index < -0.39 is 0 Å². The molecule has 0 amide bonds. The van der Waals surface area contributed by atoms with Crippen molar-refractivity contribution in [2.45, 2.75) is 25.4 Å². The molecule has 20 heavy (non-hydrogen) atoms. The van der Waals surface area contributed by atoms with E-state index in [0.29, 0.717) is 22.8 Å². The Kier molecular flexibility index (Phi) is 4.59. The van der Waals surface area contributed by atoms with Crippen LogP contribution in [0.25, 0.3) is 0 Å². The highest BCUT2D eigenvalue weighted by Crippen LogP contribution is 2.21. The second-order valence-corrected chi connectivity index (χ2v) is 5.65. The molecule has 2 aromatic rings. The van der Waals surface area contributed by atoms with Gasteiger partial charge in [-0.15, -0.1) is 0 Å². The van der Waals surface area contributed by atoms with Crippen LogP contribution in [0.5, 0.6) is 0 Å². The van der Waals surface area contributed by atoms with E-state index in [9.17, 15) is 5.26 Å². The first-order valence-corrected chi connectivity index (χ1v) is 7.37. The fourth-order valence-corrected chi connectivity index (χ4v) is 2.44. The standard InChI is InChI=1S/C15H16N4S/c1-3-20-15-18-13(12(9-16)14(17)19-15)8-11-6-4-10(2)5-7-11/h4-7H,3,8H2,1-2H3,(H2,17,18,19). The van der Waals surface area contributed by atoms with Gasteiger partial charge in [0, 0.05) is 6.42 Å². The van der Waals surface area contributed by atoms with E-state index in [-0.39, 0.29) is 5.82 Å². The summed E-state index contributed by atoms with van der Waals surface area (Å²) in [4.78, 5) is 8.62. The Morgan fingerprint density at radius 2 is 1.95 bits per heavy atom. The molecule has 1 aromatic carbocycles. The topological polar surface area (TPSA) is 75.6 Å². The van der Waals surface area contributed by atoms with Crippen molar-refractivity contribution in [2.24, 2.45) is 0 Å². The van der Waals surface area contributed by atoms with Crippen LogP contribution in [0.4, 0.5) is 5.82 Å². The molecule has 0 radical (unpaired) electrons. The van der Waals surface area contributed by atoms with Crippen LogP contribution in [0.2, 0.25) is 0 Å². The molecule has 0 fully saturated rings. The van der Waals surface area contributed by atoms with Crippen molar-refractivity contribution in [3.63, 3.8) is 0 Å². The smallest absolute Gasteiger partial charge is 0.189 e. The van der Waals surface area contributed by atoms with E-state index in [2.05, 4.69) is 16.0 Å². The number of hydrogen-bond donors (Lipinski definition) is 1. The Balaban J connectivity index is 2.38. The van der Waals surface area contributed by atoms with Crippen LogP contribution in [0, 0.1) is 18.3 Å². The number of benzene rings is 1. The molecule has 0 aliphatic heterocycles. The number of nitriles is 1.